The van der Waals surface area contributed by atoms with E-state index in [0.717, 1.165) is 12.1 Å². The van der Waals surface area contributed by atoms with Gasteiger partial charge >= 0.3 is 0 Å². The van der Waals surface area contributed by atoms with Crippen LogP contribution in [0.2, 0.25) is 0 Å². The summed E-state index contributed by atoms with van der Waals surface area (Å²) in [4.78, 5) is 17.8. The molecule has 0 unspecified atom stereocenters. The fourth-order valence-corrected chi connectivity index (χ4v) is 3.99. The number of imidazole rings is 1. The summed E-state index contributed by atoms with van der Waals surface area (Å²) in [6.45, 7) is -0.245. The molecule has 2 aromatic heterocycles. The lowest BCUT2D eigenvalue weighted by molar-refractivity contribution is 0.0652. The van der Waals surface area contributed by atoms with Gasteiger partial charge in [-0.15, -0.1) is 0 Å². The maximum atomic E-state index is 14.0. The van der Waals surface area contributed by atoms with Crippen molar-refractivity contribution in [2.75, 3.05) is 13.2 Å². The first-order valence-corrected chi connectivity index (χ1v) is 11.1. The Morgan fingerprint density at radius 2 is 1.75 bits per heavy atom. The Labute approximate surface area is 205 Å². The van der Waals surface area contributed by atoms with Gasteiger partial charge in [-0.2, -0.15) is 0 Å². The third-order valence-corrected chi connectivity index (χ3v) is 5.99. The predicted molar refractivity (Wildman–Crippen MR) is 126 cm³/mol. The van der Waals surface area contributed by atoms with E-state index in [1.54, 1.807) is 49.5 Å². The van der Waals surface area contributed by atoms with Gasteiger partial charge in [0.25, 0.3) is 5.91 Å². The predicted octanol–water partition coefficient (Wildman–Crippen LogP) is 2.60. The van der Waals surface area contributed by atoms with E-state index in [1.165, 1.54) is 10.5 Å². The quantitative estimate of drug-likeness (QED) is 0.283. The van der Waals surface area contributed by atoms with Crippen molar-refractivity contribution in [1.82, 2.24) is 14.7 Å². The van der Waals surface area contributed by atoms with Crippen molar-refractivity contribution in [2.24, 2.45) is 0 Å². The van der Waals surface area contributed by atoms with Crippen LogP contribution < -0.4 is 10.1 Å². The first-order chi connectivity index (χ1) is 17.3. The number of aliphatic hydroxyl groups excluding tert-OH is 3. The molecule has 0 bridgehead atoms. The summed E-state index contributed by atoms with van der Waals surface area (Å²) in [6.07, 6.45) is 1.58. The minimum atomic E-state index is -1.53. The SMILES string of the molecule is Cc1nc2c(OCc3c(F)cccc3F)cccn2c1C(=O)NC(CO)(CO)c1cccc(CO)c1. The van der Waals surface area contributed by atoms with Gasteiger partial charge < -0.3 is 25.4 Å². The average molecular weight is 497 g/mol. The first kappa shape index (κ1) is 25.2. The molecular weight excluding hydrogens is 472 g/mol. The molecule has 4 rings (SSSR count). The Hall–Kier alpha value is -3.86. The van der Waals surface area contributed by atoms with Gasteiger partial charge in [0.1, 0.15) is 29.5 Å². The molecule has 0 atom stereocenters. The molecule has 0 aliphatic heterocycles. The Balaban J connectivity index is 1.67. The summed E-state index contributed by atoms with van der Waals surface area (Å²) in [5, 5.41) is 32.5. The van der Waals surface area contributed by atoms with Crippen LogP contribution >= 0.6 is 0 Å². The third kappa shape index (κ3) is 4.66. The van der Waals surface area contributed by atoms with Crippen LogP contribution in [0.4, 0.5) is 8.78 Å². The van der Waals surface area contributed by atoms with Gasteiger partial charge in [-0.3, -0.25) is 9.20 Å². The van der Waals surface area contributed by atoms with Crippen LogP contribution in [0, 0.1) is 18.6 Å². The van der Waals surface area contributed by atoms with E-state index in [1.807, 2.05) is 0 Å². The summed E-state index contributed by atoms with van der Waals surface area (Å²) < 4.78 is 35.1. The maximum Gasteiger partial charge on any atom is 0.271 e. The van der Waals surface area contributed by atoms with E-state index in [-0.39, 0.29) is 35.9 Å². The number of carbonyl (C=O) groups excluding carboxylic acids is 1. The zero-order chi connectivity index (χ0) is 25.9. The van der Waals surface area contributed by atoms with Gasteiger partial charge in [-0.1, -0.05) is 30.3 Å². The third-order valence-electron chi connectivity index (χ3n) is 5.99. The lowest BCUT2D eigenvalue weighted by Gasteiger charge is -2.32. The summed E-state index contributed by atoms with van der Waals surface area (Å²) in [6, 6.07) is 13.2. The molecule has 0 saturated heterocycles. The lowest BCUT2D eigenvalue weighted by Crippen LogP contribution is -2.52. The highest BCUT2D eigenvalue weighted by Crippen LogP contribution is 2.26. The van der Waals surface area contributed by atoms with E-state index in [9.17, 15) is 28.9 Å². The maximum absolute atomic E-state index is 14.0. The zero-order valence-corrected chi connectivity index (χ0v) is 19.4. The Morgan fingerprint density at radius 1 is 1.06 bits per heavy atom. The average Bonchev–Trinajstić information content (AvgIpc) is 3.23. The highest BCUT2D eigenvalue weighted by Gasteiger charge is 2.35. The second-order valence-corrected chi connectivity index (χ2v) is 8.31. The van der Waals surface area contributed by atoms with E-state index in [2.05, 4.69) is 10.3 Å². The van der Waals surface area contributed by atoms with Crippen molar-refractivity contribution >= 4 is 11.6 Å². The number of pyridine rings is 1. The first-order valence-electron chi connectivity index (χ1n) is 11.1. The molecule has 10 heteroatoms. The fraction of sp³-hybridized carbons (Fsp3) is 0.231. The second kappa shape index (κ2) is 10.4. The highest BCUT2D eigenvalue weighted by atomic mass is 19.1. The molecule has 0 fully saturated rings. The molecule has 36 heavy (non-hydrogen) atoms. The second-order valence-electron chi connectivity index (χ2n) is 8.31. The van der Waals surface area contributed by atoms with Gasteiger partial charge in [0.05, 0.1) is 31.1 Å². The summed E-state index contributed by atoms with van der Waals surface area (Å²) >= 11 is 0. The number of ether oxygens (including phenoxy) is 1. The van der Waals surface area contributed by atoms with E-state index in [0.29, 0.717) is 16.8 Å². The van der Waals surface area contributed by atoms with E-state index < -0.39 is 36.3 Å². The van der Waals surface area contributed by atoms with Crippen LogP contribution in [0.1, 0.15) is 32.9 Å². The van der Waals surface area contributed by atoms with Gasteiger partial charge in [0, 0.05) is 6.20 Å². The number of rotatable bonds is 9. The van der Waals surface area contributed by atoms with Crippen LogP contribution in [-0.4, -0.2) is 43.8 Å². The van der Waals surface area contributed by atoms with Crippen LogP contribution in [0.3, 0.4) is 0 Å². The molecule has 8 nitrogen and oxygen atoms in total. The van der Waals surface area contributed by atoms with Gasteiger partial charge in [0.2, 0.25) is 0 Å². The Bertz CT molecular complexity index is 1380. The molecule has 4 aromatic rings. The number of fused-ring (bicyclic) bond motifs is 1. The van der Waals surface area contributed by atoms with Crippen molar-refractivity contribution < 1.29 is 33.6 Å². The number of nitrogens with one attached hydrogen (secondary N) is 1. The number of benzene rings is 2. The number of halogens is 2. The number of hydrogen-bond acceptors (Lipinski definition) is 6. The van der Waals surface area contributed by atoms with Gasteiger partial charge in [-0.05, 0) is 42.3 Å². The number of aromatic nitrogens is 2. The minimum absolute atomic E-state index is 0.122. The molecule has 0 aliphatic carbocycles. The zero-order valence-electron chi connectivity index (χ0n) is 19.4. The number of nitrogens with zero attached hydrogens (tertiary/aromatic N) is 2. The minimum Gasteiger partial charge on any atom is -0.485 e. The number of aryl methyl sites for hydroxylation is 1. The normalized spacial score (nSPS) is 11.6. The molecule has 0 saturated carbocycles. The van der Waals surface area contributed by atoms with Crippen LogP contribution in [0.25, 0.3) is 5.65 Å². The standard InChI is InChI=1S/C26H25F2N3O5/c1-16-23(25(35)30-26(14-33,15-34)18-6-2-5-17(11-18)12-32)31-10-4-9-22(24(31)29-16)36-13-19-20(27)7-3-8-21(19)28/h2-11,32-34H,12-15H2,1H3,(H,30,35). The number of carbonyl (C=O) groups is 1. The van der Waals surface area contributed by atoms with Crippen molar-refractivity contribution in [3.63, 3.8) is 0 Å². The van der Waals surface area contributed by atoms with Crippen LogP contribution in [0.5, 0.6) is 5.75 Å². The monoisotopic (exact) mass is 497 g/mol. The molecular formula is C26H25F2N3O5. The summed E-state index contributed by atoms with van der Waals surface area (Å²) in [5.41, 5.74) is -0.109. The van der Waals surface area contributed by atoms with Crippen molar-refractivity contribution in [2.45, 2.75) is 25.7 Å². The Kier molecular flexibility index (Phi) is 7.30. The molecule has 2 heterocycles. The Morgan fingerprint density at radius 3 is 2.42 bits per heavy atom. The summed E-state index contributed by atoms with van der Waals surface area (Å²) in [7, 11) is 0. The molecule has 2 aromatic carbocycles. The van der Waals surface area contributed by atoms with Crippen LogP contribution in [0.15, 0.2) is 60.8 Å². The van der Waals surface area contributed by atoms with Crippen molar-refractivity contribution in [3.05, 3.63) is 101 Å². The highest BCUT2D eigenvalue weighted by molar-refractivity contribution is 5.95. The molecule has 4 N–H and O–H groups in total. The topological polar surface area (TPSA) is 116 Å². The summed E-state index contributed by atoms with van der Waals surface area (Å²) in [5.74, 6) is -1.91. The number of aliphatic hydroxyl groups is 3. The van der Waals surface area contributed by atoms with E-state index >= 15 is 0 Å². The smallest absolute Gasteiger partial charge is 0.271 e. The van der Waals surface area contributed by atoms with Crippen molar-refractivity contribution in [1.29, 1.82) is 0 Å². The molecule has 0 radical (unpaired) electrons. The molecule has 0 spiro atoms. The fourth-order valence-electron chi connectivity index (χ4n) is 3.99. The van der Waals surface area contributed by atoms with E-state index in [4.69, 9.17) is 4.74 Å². The van der Waals surface area contributed by atoms with Gasteiger partial charge in [0.15, 0.2) is 11.4 Å². The molecule has 188 valence electrons. The lowest BCUT2D eigenvalue weighted by atomic mass is 9.90. The van der Waals surface area contributed by atoms with Gasteiger partial charge in [-0.25, -0.2) is 13.8 Å². The number of amides is 1. The van der Waals surface area contributed by atoms with Crippen molar-refractivity contribution in [3.8, 4) is 5.75 Å². The van der Waals surface area contributed by atoms with Crippen LogP contribution in [-0.2, 0) is 18.8 Å². The number of hydrogen-bond donors (Lipinski definition) is 4. The largest absolute Gasteiger partial charge is 0.485 e. The molecule has 0 aliphatic rings. The molecule has 1 amide bonds.